The summed E-state index contributed by atoms with van der Waals surface area (Å²) in [6, 6.07) is 0.651. The van der Waals surface area contributed by atoms with Crippen LogP contribution in [0.3, 0.4) is 0 Å². The molecule has 0 spiro atoms. The smallest absolute Gasteiger partial charge is 0.185 e. The van der Waals surface area contributed by atoms with Crippen LogP contribution in [-0.2, 0) is 0 Å². The van der Waals surface area contributed by atoms with E-state index in [0.717, 1.165) is 12.5 Å². The monoisotopic (exact) mass is 226 g/mol. The molecule has 0 radical (unpaired) electrons. The Bertz CT molecular complexity index is 250. The number of nitrogens with zero attached hydrogens (tertiary/aromatic N) is 2. The van der Waals surface area contributed by atoms with Gasteiger partial charge in [0.1, 0.15) is 0 Å². The Balaban J connectivity index is 2.43. The van der Waals surface area contributed by atoms with Gasteiger partial charge in [0.05, 0.1) is 6.54 Å². The summed E-state index contributed by atoms with van der Waals surface area (Å²) in [4.78, 5) is 6.53. The highest BCUT2D eigenvalue weighted by Crippen LogP contribution is 2.36. The minimum atomic E-state index is 0.194. The van der Waals surface area contributed by atoms with Gasteiger partial charge in [-0.3, -0.25) is 9.89 Å². The van der Waals surface area contributed by atoms with Gasteiger partial charge in [-0.15, -0.1) is 0 Å². The molecule has 1 heterocycles. The van der Waals surface area contributed by atoms with Gasteiger partial charge >= 0.3 is 0 Å². The Hall–Kier alpha value is -0.770. The maximum Gasteiger partial charge on any atom is 0.185 e. The predicted molar refractivity (Wildman–Crippen MR) is 69.3 cm³/mol. The second-order valence-corrected chi connectivity index (χ2v) is 5.95. The molecule has 0 aromatic heterocycles. The molecule has 1 aliphatic rings. The van der Waals surface area contributed by atoms with Crippen LogP contribution in [-0.4, -0.2) is 36.5 Å². The lowest BCUT2D eigenvalue weighted by Crippen LogP contribution is -2.32. The SMILES string of the molecule is CC1CC(C(C)(C)C)CN1CCN=C(N)N. The molecule has 4 heteroatoms. The van der Waals surface area contributed by atoms with Crippen LogP contribution in [0.5, 0.6) is 0 Å². The number of hydrogen-bond donors (Lipinski definition) is 2. The van der Waals surface area contributed by atoms with Crippen molar-refractivity contribution < 1.29 is 0 Å². The fraction of sp³-hybridized carbons (Fsp3) is 0.917. The topological polar surface area (TPSA) is 67.6 Å². The van der Waals surface area contributed by atoms with Crippen LogP contribution in [0.4, 0.5) is 0 Å². The molecule has 16 heavy (non-hydrogen) atoms. The Morgan fingerprint density at radius 2 is 2.00 bits per heavy atom. The maximum absolute atomic E-state index is 5.32. The van der Waals surface area contributed by atoms with E-state index in [1.165, 1.54) is 13.0 Å². The molecule has 0 saturated carbocycles. The normalized spacial score (nSPS) is 27.0. The summed E-state index contributed by atoms with van der Waals surface area (Å²) in [6.07, 6.45) is 1.28. The van der Waals surface area contributed by atoms with E-state index in [9.17, 15) is 0 Å². The van der Waals surface area contributed by atoms with Gasteiger partial charge in [-0.2, -0.15) is 0 Å². The molecule has 2 unspecified atom stereocenters. The molecular formula is C12H26N4. The van der Waals surface area contributed by atoms with Crippen LogP contribution < -0.4 is 11.5 Å². The lowest BCUT2D eigenvalue weighted by molar-refractivity contribution is 0.225. The van der Waals surface area contributed by atoms with Gasteiger partial charge in [-0.1, -0.05) is 20.8 Å². The highest BCUT2D eigenvalue weighted by Gasteiger charge is 2.35. The van der Waals surface area contributed by atoms with E-state index in [1.807, 2.05) is 0 Å². The van der Waals surface area contributed by atoms with Crippen molar-refractivity contribution in [2.24, 2.45) is 27.8 Å². The van der Waals surface area contributed by atoms with Crippen LogP contribution in [0.1, 0.15) is 34.1 Å². The van der Waals surface area contributed by atoms with Crippen molar-refractivity contribution in [2.75, 3.05) is 19.6 Å². The van der Waals surface area contributed by atoms with Gasteiger partial charge in [0.15, 0.2) is 5.96 Å². The highest BCUT2D eigenvalue weighted by molar-refractivity contribution is 5.75. The van der Waals surface area contributed by atoms with Crippen LogP contribution in [0.15, 0.2) is 4.99 Å². The van der Waals surface area contributed by atoms with Crippen LogP contribution in [0, 0.1) is 11.3 Å². The molecule has 1 saturated heterocycles. The Labute approximate surface area is 99.1 Å². The molecule has 4 nitrogen and oxygen atoms in total. The van der Waals surface area contributed by atoms with Crippen molar-refractivity contribution in [3.8, 4) is 0 Å². The third kappa shape index (κ3) is 3.67. The quantitative estimate of drug-likeness (QED) is 0.557. The molecule has 2 atom stereocenters. The summed E-state index contributed by atoms with van der Waals surface area (Å²) < 4.78 is 0. The van der Waals surface area contributed by atoms with Gasteiger partial charge in [-0.05, 0) is 24.7 Å². The number of aliphatic imine (C=N–C) groups is 1. The third-order valence-electron chi connectivity index (χ3n) is 3.61. The van der Waals surface area contributed by atoms with Gasteiger partial charge in [0.2, 0.25) is 0 Å². The summed E-state index contributed by atoms with van der Waals surface area (Å²) in [7, 11) is 0. The molecule has 4 N–H and O–H groups in total. The molecule has 94 valence electrons. The summed E-state index contributed by atoms with van der Waals surface area (Å²) in [5.41, 5.74) is 11.0. The van der Waals surface area contributed by atoms with Crippen molar-refractivity contribution in [3.05, 3.63) is 0 Å². The summed E-state index contributed by atoms with van der Waals surface area (Å²) in [5, 5.41) is 0. The standard InChI is InChI=1S/C12H26N4/c1-9-7-10(12(2,3)4)8-16(9)6-5-15-11(13)14/h9-10H,5-8H2,1-4H3,(H4,13,14,15). The Morgan fingerprint density at radius 1 is 1.38 bits per heavy atom. The molecule has 1 aliphatic heterocycles. The van der Waals surface area contributed by atoms with Crippen molar-refractivity contribution in [1.29, 1.82) is 0 Å². The van der Waals surface area contributed by atoms with Gasteiger partial charge < -0.3 is 11.5 Å². The number of guanidine groups is 1. The average Bonchev–Trinajstić information content (AvgIpc) is 2.46. The van der Waals surface area contributed by atoms with Crippen LogP contribution in [0.2, 0.25) is 0 Å². The first-order chi connectivity index (χ1) is 7.30. The summed E-state index contributed by atoms with van der Waals surface area (Å²) in [6.45, 7) is 12.1. The minimum Gasteiger partial charge on any atom is -0.370 e. The first-order valence-corrected chi connectivity index (χ1v) is 6.10. The number of nitrogens with two attached hydrogens (primary N) is 2. The average molecular weight is 226 g/mol. The fourth-order valence-electron chi connectivity index (χ4n) is 2.35. The summed E-state index contributed by atoms with van der Waals surface area (Å²) in [5.74, 6) is 0.973. The van der Waals surface area contributed by atoms with E-state index in [1.54, 1.807) is 0 Å². The molecular weight excluding hydrogens is 200 g/mol. The van der Waals surface area contributed by atoms with Gasteiger partial charge in [-0.25, -0.2) is 0 Å². The molecule has 0 aromatic rings. The largest absolute Gasteiger partial charge is 0.370 e. The molecule has 0 aromatic carbocycles. The van der Waals surface area contributed by atoms with E-state index >= 15 is 0 Å². The van der Waals surface area contributed by atoms with Crippen LogP contribution in [0.25, 0.3) is 0 Å². The number of rotatable bonds is 3. The Morgan fingerprint density at radius 3 is 2.44 bits per heavy atom. The fourth-order valence-corrected chi connectivity index (χ4v) is 2.35. The number of likely N-dealkylation sites (tertiary alicyclic amines) is 1. The van der Waals surface area contributed by atoms with E-state index < -0.39 is 0 Å². The number of hydrogen-bond acceptors (Lipinski definition) is 2. The zero-order chi connectivity index (χ0) is 12.3. The second-order valence-electron chi connectivity index (χ2n) is 5.95. The van der Waals surface area contributed by atoms with E-state index in [0.29, 0.717) is 18.0 Å². The van der Waals surface area contributed by atoms with Crippen LogP contribution >= 0.6 is 0 Å². The van der Waals surface area contributed by atoms with Gasteiger partial charge in [0.25, 0.3) is 0 Å². The third-order valence-corrected chi connectivity index (χ3v) is 3.61. The van der Waals surface area contributed by atoms with Crippen molar-refractivity contribution >= 4 is 5.96 Å². The molecule has 0 bridgehead atoms. The van der Waals surface area contributed by atoms with E-state index in [2.05, 4.69) is 37.6 Å². The molecule has 1 rings (SSSR count). The lowest BCUT2D eigenvalue weighted by atomic mass is 9.79. The molecule has 0 aliphatic carbocycles. The second kappa shape index (κ2) is 5.04. The maximum atomic E-state index is 5.32. The lowest BCUT2D eigenvalue weighted by Gasteiger charge is -2.26. The van der Waals surface area contributed by atoms with Gasteiger partial charge in [0, 0.05) is 19.1 Å². The molecule has 1 fully saturated rings. The van der Waals surface area contributed by atoms with E-state index in [-0.39, 0.29) is 5.96 Å². The highest BCUT2D eigenvalue weighted by atomic mass is 15.2. The van der Waals surface area contributed by atoms with Crippen molar-refractivity contribution in [3.63, 3.8) is 0 Å². The first kappa shape index (κ1) is 13.3. The van der Waals surface area contributed by atoms with Crippen molar-refractivity contribution in [2.45, 2.75) is 40.2 Å². The minimum absolute atomic E-state index is 0.194. The molecule has 0 amide bonds. The van der Waals surface area contributed by atoms with Crippen molar-refractivity contribution in [1.82, 2.24) is 4.90 Å². The first-order valence-electron chi connectivity index (χ1n) is 6.10. The summed E-state index contributed by atoms with van der Waals surface area (Å²) >= 11 is 0. The zero-order valence-electron chi connectivity index (χ0n) is 11.0. The Kier molecular flexibility index (Phi) is 4.19. The van der Waals surface area contributed by atoms with E-state index in [4.69, 9.17) is 11.5 Å². The zero-order valence-corrected chi connectivity index (χ0v) is 11.0. The predicted octanol–water partition coefficient (Wildman–Crippen LogP) is 1.02.